The molecule has 0 fully saturated rings. The highest BCUT2D eigenvalue weighted by molar-refractivity contribution is 5.92. The number of hydrogen-bond donors (Lipinski definition) is 1. The number of rotatable bonds is 3. The number of furan rings is 1. The zero-order chi connectivity index (χ0) is 18.1. The van der Waals surface area contributed by atoms with Crippen molar-refractivity contribution in [2.24, 2.45) is 0 Å². The number of benzene rings is 2. The highest BCUT2D eigenvalue weighted by Gasteiger charge is 2.28. The van der Waals surface area contributed by atoms with E-state index in [0.29, 0.717) is 12.3 Å². The van der Waals surface area contributed by atoms with E-state index in [-0.39, 0.29) is 18.2 Å². The third-order valence-corrected chi connectivity index (χ3v) is 4.63. The van der Waals surface area contributed by atoms with Crippen LogP contribution in [0.2, 0.25) is 0 Å². The van der Waals surface area contributed by atoms with Crippen LogP contribution in [0.4, 0.5) is 0 Å². The lowest BCUT2D eigenvalue weighted by molar-refractivity contribution is 0.0522. The number of β-amino-alcohol motifs (C(OH)–C–C–N with tert-alkyl or cyclic N) is 1. The van der Waals surface area contributed by atoms with Crippen LogP contribution in [0.1, 0.15) is 27.8 Å². The summed E-state index contributed by atoms with van der Waals surface area (Å²) in [4.78, 5) is 14.4. The third-order valence-electron chi connectivity index (χ3n) is 4.63. The van der Waals surface area contributed by atoms with E-state index in [2.05, 4.69) is 0 Å². The summed E-state index contributed by atoms with van der Waals surface area (Å²) in [5.74, 6) is 1.36. The van der Waals surface area contributed by atoms with Crippen molar-refractivity contribution in [3.8, 4) is 17.1 Å². The van der Waals surface area contributed by atoms with Crippen molar-refractivity contribution < 1.29 is 19.1 Å². The van der Waals surface area contributed by atoms with Crippen molar-refractivity contribution in [2.45, 2.75) is 12.6 Å². The van der Waals surface area contributed by atoms with Crippen LogP contribution in [-0.2, 0) is 6.54 Å². The van der Waals surface area contributed by atoms with Crippen LogP contribution in [0.5, 0.6) is 5.75 Å². The molecule has 0 radical (unpaired) electrons. The Labute approximate surface area is 151 Å². The number of methoxy groups -OCH3 is 1. The van der Waals surface area contributed by atoms with Gasteiger partial charge in [0.15, 0.2) is 5.76 Å². The Morgan fingerprint density at radius 3 is 2.85 bits per heavy atom. The Balaban J connectivity index is 1.57. The van der Waals surface area contributed by atoms with Gasteiger partial charge in [0, 0.05) is 12.1 Å². The van der Waals surface area contributed by atoms with E-state index in [1.807, 2.05) is 48.5 Å². The first-order valence-electron chi connectivity index (χ1n) is 8.45. The molecule has 0 spiro atoms. The molecule has 0 unspecified atom stereocenters. The van der Waals surface area contributed by atoms with Gasteiger partial charge in [0.25, 0.3) is 5.91 Å². The quantitative estimate of drug-likeness (QED) is 0.784. The number of aliphatic hydroxyl groups excluding tert-OH is 1. The predicted octanol–water partition coefficient (Wildman–Crippen LogP) is 3.64. The summed E-state index contributed by atoms with van der Waals surface area (Å²) in [7, 11) is 1.61. The van der Waals surface area contributed by atoms with E-state index in [1.54, 1.807) is 24.1 Å². The first kappa shape index (κ1) is 16.4. The van der Waals surface area contributed by atoms with Gasteiger partial charge >= 0.3 is 0 Å². The Morgan fingerprint density at radius 2 is 2.00 bits per heavy atom. The number of carbonyl (C=O) groups is 1. The van der Waals surface area contributed by atoms with Gasteiger partial charge in [-0.2, -0.15) is 0 Å². The second kappa shape index (κ2) is 6.69. The minimum atomic E-state index is -0.684. The van der Waals surface area contributed by atoms with Crippen molar-refractivity contribution in [3.63, 3.8) is 0 Å². The lowest BCUT2D eigenvalue weighted by Gasteiger charge is -2.31. The molecule has 0 saturated carbocycles. The maximum Gasteiger partial charge on any atom is 0.289 e. The van der Waals surface area contributed by atoms with Crippen LogP contribution in [-0.4, -0.2) is 29.6 Å². The molecule has 1 aromatic heterocycles. The first-order chi connectivity index (χ1) is 12.7. The van der Waals surface area contributed by atoms with E-state index in [4.69, 9.17) is 9.15 Å². The van der Waals surface area contributed by atoms with Crippen LogP contribution in [0, 0.1) is 0 Å². The van der Waals surface area contributed by atoms with E-state index in [1.165, 1.54) is 0 Å². The first-order valence-corrected chi connectivity index (χ1v) is 8.45. The van der Waals surface area contributed by atoms with Gasteiger partial charge in [-0.3, -0.25) is 4.79 Å². The number of fused-ring (bicyclic) bond motifs is 1. The van der Waals surface area contributed by atoms with E-state index >= 15 is 0 Å². The molecule has 1 aliphatic heterocycles. The van der Waals surface area contributed by atoms with Crippen LogP contribution in [0.3, 0.4) is 0 Å². The predicted molar refractivity (Wildman–Crippen MR) is 96.8 cm³/mol. The van der Waals surface area contributed by atoms with E-state index in [9.17, 15) is 9.90 Å². The lowest BCUT2D eigenvalue weighted by atomic mass is 9.97. The molecule has 5 heteroatoms. The zero-order valence-electron chi connectivity index (χ0n) is 14.4. The number of ether oxygens (including phenoxy) is 1. The number of amides is 1. The monoisotopic (exact) mass is 349 g/mol. The molecule has 2 heterocycles. The fourth-order valence-corrected chi connectivity index (χ4v) is 3.28. The maximum absolute atomic E-state index is 12.8. The Morgan fingerprint density at radius 1 is 1.15 bits per heavy atom. The average molecular weight is 349 g/mol. The molecule has 0 saturated heterocycles. The molecule has 1 aliphatic rings. The summed E-state index contributed by atoms with van der Waals surface area (Å²) in [6.45, 7) is 0.715. The molecule has 1 amide bonds. The van der Waals surface area contributed by atoms with E-state index < -0.39 is 6.10 Å². The Bertz CT molecular complexity index is 946. The van der Waals surface area contributed by atoms with Gasteiger partial charge in [0.1, 0.15) is 11.5 Å². The summed E-state index contributed by atoms with van der Waals surface area (Å²) in [6, 6.07) is 18.6. The summed E-state index contributed by atoms with van der Waals surface area (Å²) < 4.78 is 11.0. The normalized spacial score (nSPS) is 16.2. The van der Waals surface area contributed by atoms with Gasteiger partial charge in [-0.05, 0) is 35.4 Å². The van der Waals surface area contributed by atoms with Crippen LogP contribution in [0.25, 0.3) is 11.3 Å². The molecule has 4 rings (SSSR count). The van der Waals surface area contributed by atoms with Gasteiger partial charge in [0.2, 0.25) is 0 Å². The van der Waals surface area contributed by atoms with Gasteiger partial charge in [0.05, 0.1) is 19.8 Å². The summed E-state index contributed by atoms with van der Waals surface area (Å²) >= 11 is 0. The highest BCUT2D eigenvalue weighted by Crippen LogP contribution is 2.29. The number of aliphatic hydroxyl groups is 1. The fraction of sp³-hybridized carbons (Fsp3) is 0.190. The second-order valence-electron chi connectivity index (χ2n) is 6.30. The Kier molecular flexibility index (Phi) is 4.22. The number of carbonyl (C=O) groups excluding carboxylic acids is 1. The van der Waals surface area contributed by atoms with Gasteiger partial charge in [-0.15, -0.1) is 0 Å². The molecule has 132 valence electrons. The largest absolute Gasteiger partial charge is 0.497 e. The molecule has 26 heavy (non-hydrogen) atoms. The fourth-order valence-electron chi connectivity index (χ4n) is 3.28. The third kappa shape index (κ3) is 2.97. The van der Waals surface area contributed by atoms with Crippen molar-refractivity contribution in [1.82, 2.24) is 4.90 Å². The van der Waals surface area contributed by atoms with Gasteiger partial charge in [-0.1, -0.05) is 36.4 Å². The van der Waals surface area contributed by atoms with Gasteiger partial charge < -0.3 is 19.2 Å². The molecular formula is C21H19NO4. The minimum Gasteiger partial charge on any atom is -0.497 e. The molecule has 1 N–H and O–H groups in total. The SMILES string of the molecule is COc1cccc(-c2ccc(C(=O)N3Cc4ccccc4[C@@H](O)C3)o2)c1. The maximum atomic E-state index is 12.8. The summed E-state index contributed by atoms with van der Waals surface area (Å²) in [6.07, 6.45) is -0.684. The number of nitrogens with zero attached hydrogens (tertiary/aromatic N) is 1. The van der Waals surface area contributed by atoms with Crippen LogP contribution < -0.4 is 4.74 Å². The molecule has 0 bridgehead atoms. The summed E-state index contributed by atoms with van der Waals surface area (Å²) in [5.41, 5.74) is 2.68. The molecule has 0 aliphatic carbocycles. The minimum absolute atomic E-state index is 0.229. The molecule has 3 aromatic rings. The smallest absolute Gasteiger partial charge is 0.289 e. The zero-order valence-corrected chi connectivity index (χ0v) is 14.4. The van der Waals surface area contributed by atoms with Crippen molar-refractivity contribution in [3.05, 3.63) is 77.6 Å². The molecular weight excluding hydrogens is 330 g/mol. The number of hydrogen-bond acceptors (Lipinski definition) is 4. The Hall–Kier alpha value is -3.05. The molecule has 2 aromatic carbocycles. The lowest BCUT2D eigenvalue weighted by Crippen LogP contribution is -2.38. The van der Waals surface area contributed by atoms with Crippen molar-refractivity contribution in [1.29, 1.82) is 0 Å². The summed E-state index contributed by atoms with van der Waals surface area (Å²) in [5, 5.41) is 10.3. The van der Waals surface area contributed by atoms with E-state index in [0.717, 1.165) is 22.4 Å². The topological polar surface area (TPSA) is 62.9 Å². The van der Waals surface area contributed by atoms with Crippen molar-refractivity contribution in [2.75, 3.05) is 13.7 Å². The standard InChI is InChI=1S/C21H19NO4/c1-25-16-7-4-6-14(11-16)19-9-10-20(26-19)21(24)22-12-15-5-2-3-8-17(15)18(23)13-22/h2-11,18,23H,12-13H2,1H3/t18-/m0/s1. The van der Waals surface area contributed by atoms with Crippen LogP contribution in [0.15, 0.2) is 65.1 Å². The van der Waals surface area contributed by atoms with Crippen molar-refractivity contribution >= 4 is 5.91 Å². The molecule has 1 atom stereocenters. The second-order valence-corrected chi connectivity index (χ2v) is 6.30. The van der Waals surface area contributed by atoms with Crippen LogP contribution >= 0.6 is 0 Å². The molecule has 5 nitrogen and oxygen atoms in total. The highest BCUT2D eigenvalue weighted by atomic mass is 16.5. The van der Waals surface area contributed by atoms with Gasteiger partial charge in [-0.25, -0.2) is 0 Å². The average Bonchev–Trinajstić information content (AvgIpc) is 3.17.